The van der Waals surface area contributed by atoms with E-state index in [-0.39, 0.29) is 12.5 Å². The van der Waals surface area contributed by atoms with Crippen LogP contribution in [0.1, 0.15) is 51.5 Å². The lowest BCUT2D eigenvalue weighted by Crippen LogP contribution is -2.39. The molecule has 3 N–H and O–H groups in total. The third-order valence-corrected chi connectivity index (χ3v) is 5.35. The second-order valence-electron chi connectivity index (χ2n) is 7.57. The third-order valence-electron chi connectivity index (χ3n) is 5.35. The smallest absolute Gasteiger partial charge is 0.257 e. The number of ether oxygens (including phenoxy) is 2. The minimum absolute atomic E-state index is 0.0237. The number of benzene rings is 1. The molecule has 1 atom stereocenters. The van der Waals surface area contributed by atoms with Crippen LogP contribution in [0.3, 0.4) is 0 Å². The molecule has 1 saturated carbocycles. The Bertz CT molecular complexity index is 660. The predicted molar refractivity (Wildman–Crippen MR) is 121 cm³/mol. The first-order valence-corrected chi connectivity index (χ1v) is 11.2. The molecule has 0 radical (unpaired) electrons. The summed E-state index contributed by atoms with van der Waals surface area (Å²) in [4.78, 5) is 15.9. The van der Waals surface area contributed by atoms with Gasteiger partial charge in [-0.25, -0.2) is 0 Å². The second kappa shape index (κ2) is 13.9. The van der Waals surface area contributed by atoms with E-state index in [9.17, 15) is 4.79 Å². The fourth-order valence-electron chi connectivity index (χ4n) is 3.88. The summed E-state index contributed by atoms with van der Waals surface area (Å²) in [6.07, 6.45) is 6.56. The van der Waals surface area contributed by atoms with Gasteiger partial charge in [-0.15, -0.1) is 0 Å². The van der Waals surface area contributed by atoms with E-state index < -0.39 is 0 Å². The first kappa shape index (κ1) is 24.0. The Morgan fingerprint density at radius 2 is 2.00 bits per heavy atom. The van der Waals surface area contributed by atoms with Crippen LogP contribution in [0, 0.1) is 5.92 Å². The molecule has 1 aliphatic carbocycles. The highest BCUT2D eigenvalue weighted by Crippen LogP contribution is 2.30. The number of likely N-dealkylation sites (N-methyl/N-ethyl adjacent to an activating group) is 1. The van der Waals surface area contributed by atoms with Crippen LogP contribution in [-0.4, -0.2) is 51.3 Å². The van der Waals surface area contributed by atoms with E-state index in [4.69, 9.17) is 9.47 Å². The Labute approximate surface area is 181 Å². The first-order chi connectivity index (χ1) is 14.7. The number of carbonyl (C=O) groups is 1. The van der Waals surface area contributed by atoms with Gasteiger partial charge >= 0.3 is 0 Å². The lowest BCUT2D eigenvalue weighted by molar-refractivity contribution is -0.122. The van der Waals surface area contributed by atoms with Crippen molar-refractivity contribution >= 4 is 11.9 Å². The van der Waals surface area contributed by atoms with Crippen molar-refractivity contribution < 1.29 is 14.3 Å². The van der Waals surface area contributed by atoms with Crippen LogP contribution in [0.25, 0.3) is 0 Å². The van der Waals surface area contributed by atoms with Crippen LogP contribution in [0.5, 0.6) is 5.75 Å². The molecule has 7 heteroatoms. The summed E-state index contributed by atoms with van der Waals surface area (Å²) in [6.45, 7) is 6.81. The third kappa shape index (κ3) is 8.61. The van der Waals surface area contributed by atoms with Gasteiger partial charge in [-0.05, 0) is 56.7 Å². The molecule has 0 saturated heterocycles. The first-order valence-electron chi connectivity index (χ1n) is 11.2. The molecule has 1 fully saturated rings. The van der Waals surface area contributed by atoms with Crippen molar-refractivity contribution in [2.24, 2.45) is 10.9 Å². The molecule has 1 aliphatic rings. The zero-order chi connectivity index (χ0) is 21.6. The molecule has 7 nitrogen and oxygen atoms in total. The Morgan fingerprint density at radius 3 is 2.70 bits per heavy atom. The van der Waals surface area contributed by atoms with Crippen LogP contribution in [0.15, 0.2) is 29.3 Å². The zero-order valence-electron chi connectivity index (χ0n) is 18.7. The van der Waals surface area contributed by atoms with Crippen molar-refractivity contribution in [1.29, 1.82) is 0 Å². The Kier molecular flexibility index (Phi) is 11.1. The summed E-state index contributed by atoms with van der Waals surface area (Å²) in [7, 11) is 1.78. The van der Waals surface area contributed by atoms with E-state index >= 15 is 0 Å². The van der Waals surface area contributed by atoms with Gasteiger partial charge in [0.05, 0.1) is 6.10 Å². The number of rotatable bonds is 12. The zero-order valence-corrected chi connectivity index (χ0v) is 18.7. The minimum atomic E-state index is -0.117. The van der Waals surface area contributed by atoms with Crippen molar-refractivity contribution in [3.63, 3.8) is 0 Å². The lowest BCUT2D eigenvalue weighted by Gasteiger charge is -2.24. The van der Waals surface area contributed by atoms with E-state index in [0.717, 1.165) is 31.1 Å². The summed E-state index contributed by atoms with van der Waals surface area (Å²) < 4.78 is 11.6. The van der Waals surface area contributed by atoms with Gasteiger partial charge in [-0.3, -0.25) is 9.79 Å². The molecule has 1 unspecified atom stereocenters. The molecule has 0 spiro atoms. The second-order valence-corrected chi connectivity index (χ2v) is 7.57. The number of carbonyl (C=O) groups excluding carboxylic acids is 1. The predicted octanol–water partition coefficient (Wildman–Crippen LogP) is 2.85. The van der Waals surface area contributed by atoms with E-state index in [0.29, 0.717) is 30.9 Å². The number of nitrogens with one attached hydrogen (secondary N) is 3. The van der Waals surface area contributed by atoms with Crippen LogP contribution in [-0.2, 0) is 16.1 Å². The number of hydrogen-bond donors (Lipinski definition) is 3. The Balaban J connectivity index is 1.75. The average Bonchev–Trinajstić information content (AvgIpc) is 3.29. The van der Waals surface area contributed by atoms with Gasteiger partial charge in [0.1, 0.15) is 5.75 Å². The fourth-order valence-corrected chi connectivity index (χ4v) is 3.88. The van der Waals surface area contributed by atoms with E-state index in [1.54, 1.807) is 7.05 Å². The molecular weight excluding hydrogens is 380 g/mol. The average molecular weight is 419 g/mol. The van der Waals surface area contributed by atoms with Crippen molar-refractivity contribution in [2.75, 3.05) is 33.4 Å². The van der Waals surface area contributed by atoms with E-state index in [1.165, 1.54) is 25.7 Å². The monoisotopic (exact) mass is 418 g/mol. The maximum atomic E-state index is 11.5. The van der Waals surface area contributed by atoms with Crippen molar-refractivity contribution in [1.82, 2.24) is 16.0 Å². The molecule has 0 aliphatic heterocycles. The van der Waals surface area contributed by atoms with E-state index in [1.807, 2.05) is 31.2 Å². The topological polar surface area (TPSA) is 84.0 Å². The number of aliphatic imine (C=N–C) groups is 1. The molecule has 0 bridgehead atoms. The fraction of sp³-hybridized carbons (Fsp3) is 0.652. The highest BCUT2D eigenvalue weighted by atomic mass is 16.5. The van der Waals surface area contributed by atoms with Crippen LogP contribution in [0.4, 0.5) is 0 Å². The summed E-state index contributed by atoms with van der Waals surface area (Å²) in [5.41, 5.74) is 1.06. The number of hydrogen-bond acceptors (Lipinski definition) is 4. The molecule has 1 aromatic carbocycles. The quantitative estimate of drug-likeness (QED) is 0.359. The summed E-state index contributed by atoms with van der Waals surface area (Å²) in [5, 5.41) is 9.45. The van der Waals surface area contributed by atoms with Crippen molar-refractivity contribution in [3.8, 4) is 5.75 Å². The number of nitrogens with zero attached hydrogens (tertiary/aromatic N) is 1. The van der Waals surface area contributed by atoms with Gasteiger partial charge < -0.3 is 25.4 Å². The van der Waals surface area contributed by atoms with Gasteiger partial charge in [0, 0.05) is 33.3 Å². The van der Waals surface area contributed by atoms with Crippen LogP contribution in [0.2, 0.25) is 0 Å². The van der Waals surface area contributed by atoms with Crippen molar-refractivity contribution in [2.45, 2.75) is 58.6 Å². The minimum Gasteiger partial charge on any atom is -0.484 e. The number of amides is 1. The Morgan fingerprint density at radius 1 is 1.20 bits per heavy atom. The number of guanidine groups is 1. The summed E-state index contributed by atoms with van der Waals surface area (Å²) in [6, 6.07) is 7.73. The molecule has 30 heavy (non-hydrogen) atoms. The molecule has 2 rings (SSSR count). The largest absolute Gasteiger partial charge is 0.484 e. The SMILES string of the molecule is CCNC(=O)COc1cccc(CNC(=NC)NCCC(OCC)C2CCCC2)c1. The molecule has 168 valence electrons. The molecule has 1 aromatic rings. The highest BCUT2D eigenvalue weighted by Gasteiger charge is 2.25. The van der Waals surface area contributed by atoms with Gasteiger partial charge in [-0.2, -0.15) is 0 Å². The molecule has 1 amide bonds. The lowest BCUT2D eigenvalue weighted by atomic mass is 9.98. The molecule has 0 heterocycles. The summed E-state index contributed by atoms with van der Waals surface area (Å²) >= 11 is 0. The highest BCUT2D eigenvalue weighted by molar-refractivity contribution is 5.79. The normalized spacial score (nSPS) is 15.6. The van der Waals surface area contributed by atoms with E-state index in [2.05, 4.69) is 27.9 Å². The Hall–Kier alpha value is -2.28. The van der Waals surface area contributed by atoms with Crippen LogP contribution < -0.4 is 20.7 Å². The van der Waals surface area contributed by atoms with Gasteiger partial charge in [0.25, 0.3) is 5.91 Å². The van der Waals surface area contributed by atoms with Crippen molar-refractivity contribution in [3.05, 3.63) is 29.8 Å². The van der Waals surface area contributed by atoms with Crippen LogP contribution >= 0.6 is 0 Å². The van der Waals surface area contributed by atoms with Gasteiger partial charge in [-0.1, -0.05) is 25.0 Å². The molecular formula is C23H38N4O3. The van der Waals surface area contributed by atoms with Gasteiger partial charge in [0.2, 0.25) is 0 Å². The maximum absolute atomic E-state index is 11.5. The summed E-state index contributed by atoms with van der Waals surface area (Å²) in [5.74, 6) is 2.03. The maximum Gasteiger partial charge on any atom is 0.257 e. The van der Waals surface area contributed by atoms with Gasteiger partial charge in [0.15, 0.2) is 12.6 Å². The molecule has 0 aromatic heterocycles. The standard InChI is InChI=1S/C23H38N4O3/c1-4-25-22(28)17-30-20-12-8-9-18(15-20)16-27-23(24-3)26-14-13-21(29-5-2)19-10-6-7-11-19/h8-9,12,15,19,21H,4-7,10-11,13-14,16-17H2,1-3H3,(H,25,28)(H2,24,26,27).